The molecule has 0 aliphatic carbocycles. The van der Waals surface area contributed by atoms with Crippen molar-refractivity contribution in [3.05, 3.63) is 53.9 Å². The lowest BCUT2D eigenvalue weighted by Crippen LogP contribution is -2.23. The first-order valence-electron chi connectivity index (χ1n) is 8.37. The number of H-pyrrole nitrogens is 1. The molecule has 0 radical (unpaired) electrons. The van der Waals surface area contributed by atoms with Gasteiger partial charge in [-0.15, -0.1) is 0 Å². The third-order valence-corrected chi connectivity index (χ3v) is 4.14. The average Bonchev–Trinajstić information content (AvgIpc) is 3.07. The molecule has 25 heavy (non-hydrogen) atoms. The van der Waals surface area contributed by atoms with Crippen LogP contribution in [-0.4, -0.2) is 29.1 Å². The number of hydrogen-bond acceptors (Lipinski definition) is 4. The number of hydrogen-bond donors (Lipinski definition) is 2. The van der Waals surface area contributed by atoms with Crippen LogP contribution in [0.1, 0.15) is 17.8 Å². The number of nitrogens with one attached hydrogen (secondary N) is 2. The van der Waals surface area contributed by atoms with Crippen LogP contribution in [0.25, 0.3) is 11.0 Å². The van der Waals surface area contributed by atoms with Gasteiger partial charge >= 0.3 is 0 Å². The number of para-hydroxylation sites is 2. The maximum absolute atomic E-state index is 12.1. The molecule has 0 saturated carbocycles. The van der Waals surface area contributed by atoms with Crippen LogP contribution in [-0.2, 0) is 17.8 Å². The highest BCUT2D eigenvalue weighted by molar-refractivity contribution is 5.77. The number of benzene rings is 2. The van der Waals surface area contributed by atoms with Gasteiger partial charge in [0.2, 0.25) is 5.91 Å². The molecule has 2 heterocycles. The van der Waals surface area contributed by atoms with Crippen LogP contribution < -0.4 is 14.8 Å². The van der Waals surface area contributed by atoms with Crippen LogP contribution in [0.4, 0.5) is 0 Å². The molecule has 6 nitrogen and oxygen atoms in total. The van der Waals surface area contributed by atoms with Crippen molar-refractivity contribution in [3.63, 3.8) is 0 Å². The van der Waals surface area contributed by atoms with Gasteiger partial charge in [-0.05, 0) is 36.2 Å². The molecular weight excluding hydrogens is 318 g/mol. The number of ether oxygens (including phenoxy) is 2. The Morgan fingerprint density at radius 1 is 1.12 bits per heavy atom. The summed E-state index contributed by atoms with van der Waals surface area (Å²) in [6.07, 6.45) is 1.07. The van der Waals surface area contributed by atoms with E-state index in [4.69, 9.17) is 9.47 Å². The number of nitrogens with zero attached hydrogens (tertiary/aromatic N) is 1. The molecule has 1 aliphatic heterocycles. The van der Waals surface area contributed by atoms with E-state index in [2.05, 4.69) is 15.3 Å². The van der Waals surface area contributed by atoms with Gasteiger partial charge in [0.25, 0.3) is 0 Å². The Morgan fingerprint density at radius 3 is 2.84 bits per heavy atom. The van der Waals surface area contributed by atoms with Crippen molar-refractivity contribution >= 4 is 16.9 Å². The zero-order chi connectivity index (χ0) is 17.1. The lowest BCUT2D eigenvalue weighted by molar-refractivity contribution is -0.121. The number of carbonyl (C=O) groups excluding carboxylic acids is 1. The highest BCUT2D eigenvalue weighted by Gasteiger charge is 2.12. The van der Waals surface area contributed by atoms with Gasteiger partial charge in [-0.2, -0.15) is 0 Å². The Kier molecular flexibility index (Phi) is 4.24. The summed E-state index contributed by atoms with van der Waals surface area (Å²) in [6, 6.07) is 13.6. The molecule has 2 aromatic carbocycles. The van der Waals surface area contributed by atoms with Crippen LogP contribution in [0.15, 0.2) is 42.5 Å². The van der Waals surface area contributed by atoms with Gasteiger partial charge in [0.05, 0.1) is 17.6 Å². The molecule has 2 N–H and O–H groups in total. The van der Waals surface area contributed by atoms with E-state index in [1.807, 2.05) is 42.5 Å². The number of amides is 1. The minimum absolute atomic E-state index is 0.00431. The molecule has 0 spiro atoms. The first kappa shape index (κ1) is 15.5. The second kappa shape index (κ2) is 6.84. The van der Waals surface area contributed by atoms with Gasteiger partial charge in [-0.25, -0.2) is 4.98 Å². The van der Waals surface area contributed by atoms with Crippen LogP contribution in [0.2, 0.25) is 0 Å². The number of imidazole rings is 1. The number of fused-ring (bicyclic) bond motifs is 2. The third kappa shape index (κ3) is 3.57. The molecular formula is C19H19N3O3. The summed E-state index contributed by atoms with van der Waals surface area (Å²) in [5.41, 5.74) is 2.94. The number of aryl methyl sites for hydroxylation is 1. The van der Waals surface area contributed by atoms with E-state index in [0.29, 0.717) is 32.6 Å². The van der Waals surface area contributed by atoms with Gasteiger partial charge < -0.3 is 19.8 Å². The van der Waals surface area contributed by atoms with E-state index in [9.17, 15) is 4.79 Å². The molecule has 0 saturated heterocycles. The van der Waals surface area contributed by atoms with E-state index in [1.165, 1.54) is 0 Å². The third-order valence-electron chi connectivity index (χ3n) is 4.14. The van der Waals surface area contributed by atoms with Crippen LogP contribution in [0.5, 0.6) is 11.5 Å². The van der Waals surface area contributed by atoms with Gasteiger partial charge in [0, 0.05) is 6.42 Å². The van der Waals surface area contributed by atoms with Gasteiger partial charge in [0.15, 0.2) is 11.5 Å². The van der Waals surface area contributed by atoms with Crippen molar-refractivity contribution in [2.24, 2.45) is 0 Å². The van der Waals surface area contributed by atoms with Crippen molar-refractivity contribution in [3.8, 4) is 11.5 Å². The van der Waals surface area contributed by atoms with E-state index in [1.54, 1.807) is 0 Å². The molecule has 1 amide bonds. The van der Waals surface area contributed by atoms with Crippen molar-refractivity contribution in [1.82, 2.24) is 15.3 Å². The first-order chi connectivity index (χ1) is 12.3. The van der Waals surface area contributed by atoms with Crippen molar-refractivity contribution < 1.29 is 14.3 Å². The molecule has 3 aromatic rings. The predicted molar refractivity (Wildman–Crippen MR) is 93.7 cm³/mol. The quantitative estimate of drug-likeness (QED) is 0.750. The van der Waals surface area contributed by atoms with E-state index < -0.39 is 0 Å². The zero-order valence-corrected chi connectivity index (χ0v) is 13.7. The summed E-state index contributed by atoms with van der Waals surface area (Å²) in [5.74, 6) is 2.28. The Labute approximate surface area is 145 Å². The highest BCUT2D eigenvalue weighted by atomic mass is 16.6. The lowest BCUT2D eigenvalue weighted by Gasteiger charge is -2.18. The standard InChI is InChI=1S/C19H19N3O3/c23-19(20-12-18-21-14-3-1-2-4-15(14)22-18)8-6-13-5-7-16-17(11-13)25-10-9-24-16/h1-5,7,11H,6,8-10,12H2,(H,20,23)(H,21,22). The van der Waals surface area contributed by atoms with Gasteiger partial charge in [-0.3, -0.25) is 4.79 Å². The molecule has 0 atom stereocenters. The Bertz CT molecular complexity index is 871. The molecule has 6 heteroatoms. The number of rotatable bonds is 5. The minimum atomic E-state index is -0.00431. The summed E-state index contributed by atoms with van der Waals surface area (Å²) < 4.78 is 11.1. The molecule has 4 rings (SSSR count). The first-order valence-corrected chi connectivity index (χ1v) is 8.37. The van der Waals surface area contributed by atoms with E-state index in [-0.39, 0.29) is 5.91 Å². The fraction of sp³-hybridized carbons (Fsp3) is 0.263. The van der Waals surface area contributed by atoms with Crippen LogP contribution in [0, 0.1) is 0 Å². The topological polar surface area (TPSA) is 76.2 Å². The summed E-state index contributed by atoms with van der Waals surface area (Å²) >= 11 is 0. The van der Waals surface area contributed by atoms with Gasteiger partial charge in [0.1, 0.15) is 19.0 Å². The second-order valence-electron chi connectivity index (χ2n) is 5.96. The minimum Gasteiger partial charge on any atom is -0.486 e. The maximum atomic E-state index is 12.1. The normalized spacial score (nSPS) is 13.0. The fourth-order valence-electron chi connectivity index (χ4n) is 2.86. The zero-order valence-electron chi connectivity index (χ0n) is 13.7. The monoisotopic (exact) mass is 337 g/mol. The van der Waals surface area contributed by atoms with Crippen LogP contribution in [0.3, 0.4) is 0 Å². The fourth-order valence-corrected chi connectivity index (χ4v) is 2.86. The molecule has 0 bridgehead atoms. The Hall–Kier alpha value is -3.02. The van der Waals surface area contributed by atoms with Crippen LogP contribution >= 0.6 is 0 Å². The maximum Gasteiger partial charge on any atom is 0.220 e. The van der Waals surface area contributed by atoms with Crippen molar-refractivity contribution in [1.29, 1.82) is 0 Å². The second-order valence-corrected chi connectivity index (χ2v) is 5.96. The van der Waals surface area contributed by atoms with Gasteiger partial charge in [-0.1, -0.05) is 18.2 Å². The highest BCUT2D eigenvalue weighted by Crippen LogP contribution is 2.31. The Balaban J connectivity index is 1.30. The largest absolute Gasteiger partial charge is 0.486 e. The molecule has 1 aliphatic rings. The summed E-state index contributed by atoms with van der Waals surface area (Å²) in [6.45, 7) is 1.54. The SMILES string of the molecule is O=C(CCc1ccc2c(c1)OCCO2)NCc1nc2ccccc2[nH]1. The predicted octanol–water partition coefficient (Wildman–Crippen LogP) is 2.58. The summed E-state index contributed by atoms with van der Waals surface area (Å²) in [4.78, 5) is 19.7. The van der Waals surface area contributed by atoms with E-state index in [0.717, 1.165) is 33.9 Å². The molecule has 128 valence electrons. The summed E-state index contributed by atoms with van der Waals surface area (Å²) in [7, 11) is 0. The van der Waals surface area contributed by atoms with Crippen molar-refractivity contribution in [2.75, 3.05) is 13.2 Å². The number of aromatic amines is 1. The Morgan fingerprint density at radius 2 is 1.96 bits per heavy atom. The number of carbonyl (C=O) groups is 1. The molecule has 0 unspecified atom stereocenters. The number of aromatic nitrogens is 2. The van der Waals surface area contributed by atoms with E-state index >= 15 is 0 Å². The molecule has 1 aromatic heterocycles. The summed E-state index contributed by atoms with van der Waals surface area (Å²) in [5, 5.41) is 2.90. The lowest BCUT2D eigenvalue weighted by atomic mass is 10.1. The van der Waals surface area contributed by atoms with Crippen molar-refractivity contribution in [2.45, 2.75) is 19.4 Å². The smallest absolute Gasteiger partial charge is 0.220 e. The average molecular weight is 337 g/mol. The molecule has 0 fully saturated rings.